The van der Waals surface area contributed by atoms with Gasteiger partial charge in [-0.25, -0.2) is 0 Å². The summed E-state index contributed by atoms with van der Waals surface area (Å²) < 4.78 is 5.05. The van der Waals surface area contributed by atoms with Gasteiger partial charge in [0, 0.05) is 22.2 Å². The summed E-state index contributed by atoms with van der Waals surface area (Å²) in [4.78, 5) is 12.9. The molecule has 2 rings (SSSR count). The molecule has 132 valence electrons. The minimum Gasteiger partial charge on any atom is -0.466 e. The van der Waals surface area contributed by atoms with Gasteiger partial charge in [-0.15, -0.1) is 11.3 Å². The molecular weight excluding hydrogens is 328 g/mol. The van der Waals surface area contributed by atoms with Crippen LogP contribution in [0, 0.1) is 17.8 Å². The minimum atomic E-state index is -0.0995. The van der Waals surface area contributed by atoms with Crippen molar-refractivity contribution in [1.82, 2.24) is 0 Å². The van der Waals surface area contributed by atoms with E-state index in [0.717, 1.165) is 37.7 Å². The second-order valence-corrected chi connectivity index (χ2v) is 7.13. The summed E-state index contributed by atoms with van der Waals surface area (Å²) in [6.07, 6.45) is 4.81. The lowest BCUT2D eigenvalue weighted by Crippen LogP contribution is -2.15. The van der Waals surface area contributed by atoms with E-state index in [9.17, 15) is 4.79 Å². The lowest BCUT2D eigenvalue weighted by atomic mass is 10.1. The molecule has 0 N–H and O–H groups in total. The number of hydrogen-bond acceptors (Lipinski definition) is 3. The molecule has 0 saturated heterocycles. The van der Waals surface area contributed by atoms with Gasteiger partial charge in [0.2, 0.25) is 0 Å². The normalized spacial score (nSPS) is 11.4. The maximum absolute atomic E-state index is 11.6. The Morgan fingerprint density at radius 3 is 2.80 bits per heavy atom. The minimum absolute atomic E-state index is 0.0467. The highest BCUT2D eigenvalue weighted by atomic mass is 32.1. The monoisotopic (exact) mass is 354 g/mol. The number of hydrogen-bond donors (Lipinski definition) is 0. The van der Waals surface area contributed by atoms with Crippen molar-refractivity contribution in [3.05, 3.63) is 57.8 Å². The van der Waals surface area contributed by atoms with E-state index < -0.39 is 0 Å². The van der Waals surface area contributed by atoms with Gasteiger partial charge in [-0.3, -0.25) is 4.79 Å². The highest BCUT2D eigenvalue weighted by Crippen LogP contribution is 2.18. The molecule has 2 nitrogen and oxygen atoms in total. The first-order valence-electron chi connectivity index (χ1n) is 8.96. The SMILES string of the molecule is CCOC(=O)C(C)CCc1cc(C#CCCCc2ccccc2)cs1. The van der Waals surface area contributed by atoms with Gasteiger partial charge in [0.25, 0.3) is 0 Å². The Kier molecular flexibility index (Phi) is 8.28. The van der Waals surface area contributed by atoms with Gasteiger partial charge in [-0.2, -0.15) is 0 Å². The van der Waals surface area contributed by atoms with Gasteiger partial charge in [0.15, 0.2) is 0 Å². The van der Waals surface area contributed by atoms with Crippen LogP contribution in [0.25, 0.3) is 0 Å². The fourth-order valence-electron chi connectivity index (χ4n) is 2.53. The summed E-state index contributed by atoms with van der Waals surface area (Å²) >= 11 is 1.72. The fraction of sp³-hybridized carbons (Fsp3) is 0.409. The summed E-state index contributed by atoms with van der Waals surface area (Å²) in [6, 6.07) is 12.7. The molecule has 0 aliphatic heterocycles. The van der Waals surface area contributed by atoms with E-state index in [2.05, 4.69) is 47.6 Å². The molecule has 0 bridgehead atoms. The van der Waals surface area contributed by atoms with E-state index in [1.807, 2.05) is 19.9 Å². The standard InChI is InChI=1S/C22H26O2S/c1-3-24-22(23)18(2)14-15-21-16-20(17-25-21)13-9-5-8-12-19-10-6-4-7-11-19/h4,6-7,10-11,16-18H,3,5,8,12,14-15H2,1-2H3. The first-order chi connectivity index (χ1) is 12.2. The molecule has 1 aromatic heterocycles. The van der Waals surface area contributed by atoms with Crippen LogP contribution in [-0.4, -0.2) is 12.6 Å². The Labute approximate surface area is 155 Å². The number of thiophene rings is 1. The Bertz CT molecular complexity index is 706. The second-order valence-electron chi connectivity index (χ2n) is 6.13. The van der Waals surface area contributed by atoms with Crippen molar-refractivity contribution in [1.29, 1.82) is 0 Å². The Morgan fingerprint density at radius 1 is 1.24 bits per heavy atom. The molecule has 0 aliphatic carbocycles. The number of carbonyl (C=O) groups excluding carboxylic acids is 1. The molecular formula is C22H26O2S. The number of ether oxygens (including phenoxy) is 1. The zero-order valence-corrected chi connectivity index (χ0v) is 15.9. The summed E-state index contributed by atoms with van der Waals surface area (Å²) in [5.74, 6) is 6.37. The lowest BCUT2D eigenvalue weighted by Gasteiger charge is -2.08. The maximum Gasteiger partial charge on any atom is 0.308 e. The van der Waals surface area contributed by atoms with E-state index >= 15 is 0 Å². The van der Waals surface area contributed by atoms with Crippen LogP contribution in [-0.2, 0) is 22.4 Å². The third kappa shape index (κ3) is 7.15. The first-order valence-corrected chi connectivity index (χ1v) is 9.84. The van der Waals surface area contributed by atoms with Crippen molar-refractivity contribution in [3.63, 3.8) is 0 Å². The summed E-state index contributed by atoms with van der Waals surface area (Å²) in [5, 5.41) is 2.11. The van der Waals surface area contributed by atoms with Crippen LogP contribution < -0.4 is 0 Å². The van der Waals surface area contributed by atoms with E-state index in [-0.39, 0.29) is 11.9 Å². The van der Waals surface area contributed by atoms with E-state index in [0.29, 0.717) is 6.61 Å². The average Bonchev–Trinajstić information content (AvgIpc) is 3.08. The van der Waals surface area contributed by atoms with Gasteiger partial charge in [-0.1, -0.05) is 49.1 Å². The number of carbonyl (C=O) groups is 1. The molecule has 1 aromatic carbocycles. The van der Waals surface area contributed by atoms with Gasteiger partial charge >= 0.3 is 5.97 Å². The van der Waals surface area contributed by atoms with Crippen LogP contribution >= 0.6 is 11.3 Å². The quantitative estimate of drug-likeness (QED) is 0.367. The molecule has 0 fully saturated rings. The summed E-state index contributed by atoms with van der Waals surface area (Å²) in [5.41, 5.74) is 2.46. The van der Waals surface area contributed by atoms with E-state index in [4.69, 9.17) is 4.74 Å². The molecule has 2 aromatic rings. The predicted molar refractivity (Wildman–Crippen MR) is 105 cm³/mol. The van der Waals surface area contributed by atoms with Crippen LogP contribution in [0.15, 0.2) is 41.8 Å². The molecule has 1 atom stereocenters. The molecule has 0 saturated carbocycles. The summed E-state index contributed by atoms with van der Waals surface area (Å²) in [6.45, 7) is 4.22. The third-order valence-corrected chi connectivity index (χ3v) is 5.01. The number of unbranched alkanes of at least 4 members (excludes halogenated alkanes) is 1. The topological polar surface area (TPSA) is 26.3 Å². The van der Waals surface area contributed by atoms with Crippen molar-refractivity contribution < 1.29 is 9.53 Å². The molecule has 1 unspecified atom stereocenters. The number of aryl methyl sites for hydroxylation is 2. The largest absolute Gasteiger partial charge is 0.466 e. The molecule has 0 spiro atoms. The van der Waals surface area contributed by atoms with Crippen molar-refractivity contribution in [2.75, 3.05) is 6.61 Å². The van der Waals surface area contributed by atoms with Crippen molar-refractivity contribution >= 4 is 17.3 Å². The van der Waals surface area contributed by atoms with E-state index in [1.54, 1.807) is 11.3 Å². The number of esters is 1. The smallest absolute Gasteiger partial charge is 0.308 e. The van der Waals surface area contributed by atoms with Gasteiger partial charge in [-0.05, 0) is 44.2 Å². The fourth-order valence-corrected chi connectivity index (χ4v) is 3.36. The van der Waals surface area contributed by atoms with E-state index in [1.165, 1.54) is 10.4 Å². The zero-order valence-electron chi connectivity index (χ0n) is 15.1. The predicted octanol–water partition coefficient (Wildman–Crippen LogP) is 5.25. The summed E-state index contributed by atoms with van der Waals surface area (Å²) in [7, 11) is 0. The Balaban J connectivity index is 1.71. The second kappa shape index (κ2) is 10.7. The van der Waals surface area contributed by atoms with Crippen molar-refractivity contribution in [2.24, 2.45) is 5.92 Å². The molecule has 0 aliphatic rings. The molecule has 3 heteroatoms. The number of benzene rings is 1. The Hall–Kier alpha value is -2.05. The van der Waals surface area contributed by atoms with Gasteiger partial charge in [0.1, 0.15) is 0 Å². The Morgan fingerprint density at radius 2 is 2.04 bits per heavy atom. The van der Waals surface area contributed by atoms with Gasteiger partial charge < -0.3 is 4.74 Å². The van der Waals surface area contributed by atoms with Crippen molar-refractivity contribution in [3.8, 4) is 11.8 Å². The highest BCUT2D eigenvalue weighted by molar-refractivity contribution is 7.10. The molecule has 1 heterocycles. The highest BCUT2D eigenvalue weighted by Gasteiger charge is 2.14. The van der Waals surface area contributed by atoms with Crippen LogP contribution in [0.1, 0.15) is 49.1 Å². The van der Waals surface area contributed by atoms with Crippen LogP contribution in [0.4, 0.5) is 0 Å². The zero-order chi connectivity index (χ0) is 17.9. The lowest BCUT2D eigenvalue weighted by molar-refractivity contribution is -0.147. The maximum atomic E-state index is 11.6. The third-order valence-electron chi connectivity index (χ3n) is 4.01. The number of rotatable bonds is 8. The van der Waals surface area contributed by atoms with Crippen LogP contribution in [0.2, 0.25) is 0 Å². The first kappa shape index (κ1) is 19.3. The average molecular weight is 355 g/mol. The molecule has 0 amide bonds. The van der Waals surface area contributed by atoms with Gasteiger partial charge in [0.05, 0.1) is 12.5 Å². The molecule has 25 heavy (non-hydrogen) atoms. The van der Waals surface area contributed by atoms with Crippen molar-refractivity contribution in [2.45, 2.75) is 46.0 Å². The van der Waals surface area contributed by atoms with Crippen LogP contribution in [0.3, 0.4) is 0 Å². The van der Waals surface area contributed by atoms with Crippen LogP contribution in [0.5, 0.6) is 0 Å². The molecule has 0 radical (unpaired) electrons.